The van der Waals surface area contributed by atoms with Gasteiger partial charge in [-0.15, -0.1) is 0 Å². The molecule has 0 fully saturated rings. The van der Waals surface area contributed by atoms with Gasteiger partial charge >= 0.3 is 0 Å². The summed E-state index contributed by atoms with van der Waals surface area (Å²) in [6.45, 7) is 3.63. The van der Waals surface area contributed by atoms with Gasteiger partial charge in [0.15, 0.2) is 9.84 Å². The van der Waals surface area contributed by atoms with E-state index in [1.165, 1.54) is 0 Å². The highest BCUT2D eigenvalue weighted by atomic mass is 32.2. The number of sulfone groups is 1. The highest BCUT2D eigenvalue weighted by Crippen LogP contribution is 2.39. The number of ether oxygens (including phenoxy) is 1. The van der Waals surface area contributed by atoms with Gasteiger partial charge in [0, 0.05) is 28.7 Å². The van der Waals surface area contributed by atoms with Crippen LogP contribution in [0.3, 0.4) is 0 Å². The number of nitrogens with one attached hydrogen (secondary N) is 1. The van der Waals surface area contributed by atoms with E-state index in [-0.39, 0.29) is 5.75 Å². The fourth-order valence-electron chi connectivity index (χ4n) is 3.79. The Labute approximate surface area is 185 Å². The summed E-state index contributed by atoms with van der Waals surface area (Å²) in [6.07, 6.45) is 3.53. The molecule has 0 saturated heterocycles. The van der Waals surface area contributed by atoms with Gasteiger partial charge in [0.05, 0.1) is 10.6 Å². The van der Waals surface area contributed by atoms with Crippen molar-refractivity contribution in [2.24, 2.45) is 0 Å². The lowest BCUT2D eigenvalue weighted by molar-refractivity contribution is 0.468. The van der Waals surface area contributed by atoms with Gasteiger partial charge in [0.25, 0.3) is 0 Å². The van der Waals surface area contributed by atoms with Gasteiger partial charge in [0.1, 0.15) is 16.9 Å². The van der Waals surface area contributed by atoms with Crippen molar-refractivity contribution >= 4 is 31.8 Å². The van der Waals surface area contributed by atoms with Gasteiger partial charge in [-0.3, -0.25) is 0 Å². The van der Waals surface area contributed by atoms with E-state index in [1.807, 2.05) is 43.3 Å². The molecular formula is C25H21N3O3S. The lowest BCUT2D eigenvalue weighted by atomic mass is 10.0. The molecule has 0 spiro atoms. The highest BCUT2D eigenvalue weighted by molar-refractivity contribution is 7.91. The molecule has 3 heterocycles. The number of aromatic nitrogens is 3. The summed E-state index contributed by atoms with van der Waals surface area (Å²) in [6, 6.07) is 18.5. The van der Waals surface area contributed by atoms with E-state index in [9.17, 15) is 8.42 Å². The Hall–Kier alpha value is -3.71. The number of nitrogens with zero attached hydrogens (tertiary/aromatic N) is 2. The Morgan fingerprint density at radius 3 is 2.56 bits per heavy atom. The maximum absolute atomic E-state index is 12.5. The molecule has 7 heteroatoms. The lowest BCUT2D eigenvalue weighted by Gasteiger charge is -2.10. The summed E-state index contributed by atoms with van der Waals surface area (Å²) < 4.78 is 31.0. The number of aromatic amines is 1. The molecule has 5 rings (SSSR count). The van der Waals surface area contributed by atoms with Crippen molar-refractivity contribution in [1.82, 2.24) is 15.0 Å². The van der Waals surface area contributed by atoms with Crippen LogP contribution in [-0.2, 0) is 9.84 Å². The zero-order valence-corrected chi connectivity index (χ0v) is 18.5. The van der Waals surface area contributed by atoms with Crippen molar-refractivity contribution in [2.75, 3.05) is 5.75 Å². The molecule has 1 N–H and O–H groups in total. The monoisotopic (exact) mass is 443 g/mol. The third-order valence-electron chi connectivity index (χ3n) is 5.42. The van der Waals surface area contributed by atoms with E-state index in [2.05, 4.69) is 21.0 Å². The van der Waals surface area contributed by atoms with Gasteiger partial charge in [-0.05, 0) is 48.4 Å². The van der Waals surface area contributed by atoms with E-state index in [1.54, 1.807) is 37.5 Å². The molecule has 160 valence electrons. The number of benzene rings is 2. The third kappa shape index (κ3) is 3.50. The molecule has 5 aromatic rings. The van der Waals surface area contributed by atoms with Crippen LogP contribution in [0.25, 0.3) is 33.1 Å². The molecule has 0 aliphatic carbocycles. The zero-order valence-electron chi connectivity index (χ0n) is 17.7. The SMILES string of the molecule is CCS(=O)(=O)c1cccc(-c2cnc(Oc3ccccc3)c3[nH]c4ncc(C)cc4c23)c1. The first kappa shape index (κ1) is 20.2. The second-order valence-electron chi connectivity index (χ2n) is 7.61. The quantitative estimate of drug-likeness (QED) is 0.378. The number of para-hydroxylation sites is 1. The number of rotatable bonds is 5. The molecular weight excluding hydrogens is 422 g/mol. The fourth-order valence-corrected chi connectivity index (χ4v) is 4.71. The van der Waals surface area contributed by atoms with Gasteiger partial charge in [-0.1, -0.05) is 37.3 Å². The standard InChI is InChI=1S/C25H21N3O3S/c1-3-32(29,30)19-11-7-8-17(13-19)21-15-27-25(31-18-9-5-4-6-10-18)23-22(21)20-12-16(2)14-26-24(20)28-23/h4-15H,3H2,1-2H3,(H,26,28). The van der Waals surface area contributed by atoms with Crippen LogP contribution in [0.1, 0.15) is 12.5 Å². The number of hydrogen-bond acceptors (Lipinski definition) is 5. The fraction of sp³-hybridized carbons (Fsp3) is 0.120. The summed E-state index contributed by atoms with van der Waals surface area (Å²) in [4.78, 5) is 12.8. The van der Waals surface area contributed by atoms with Crippen LogP contribution in [0, 0.1) is 6.92 Å². The smallest absolute Gasteiger partial charge is 0.243 e. The Bertz CT molecular complexity index is 1560. The summed E-state index contributed by atoms with van der Waals surface area (Å²) in [5, 5.41) is 1.82. The second-order valence-corrected chi connectivity index (χ2v) is 9.89. The van der Waals surface area contributed by atoms with E-state index < -0.39 is 9.84 Å². The van der Waals surface area contributed by atoms with E-state index >= 15 is 0 Å². The molecule has 0 bridgehead atoms. The van der Waals surface area contributed by atoms with Crippen LogP contribution < -0.4 is 4.74 Å². The Kier molecular flexibility index (Phi) is 4.90. The van der Waals surface area contributed by atoms with Crippen molar-refractivity contribution in [3.05, 3.63) is 78.6 Å². The third-order valence-corrected chi connectivity index (χ3v) is 7.16. The Morgan fingerprint density at radius 1 is 0.969 bits per heavy atom. The maximum Gasteiger partial charge on any atom is 0.243 e. The van der Waals surface area contributed by atoms with Crippen molar-refractivity contribution in [2.45, 2.75) is 18.7 Å². The average molecular weight is 444 g/mol. The molecule has 0 atom stereocenters. The number of fused-ring (bicyclic) bond motifs is 3. The summed E-state index contributed by atoms with van der Waals surface area (Å²) >= 11 is 0. The minimum atomic E-state index is -3.33. The van der Waals surface area contributed by atoms with Gasteiger partial charge in [0.2, 0.25) is 5.88 Å². The van der Waals surface area contributed by atoms with Crippen molar-refractivity contribution < 1.29 is 13.2 Å². The molecule has 0 amide bonds. The zero-order chi connectivity index (χ0) is 22.3. The van der Waals surface area contributed by atoms with E-state index in [0.29, 0.717) is 22.0 Å². The molecule has 0 aliphatic heterocycles. The summed E-state index contributed by atoms with van der Waals surface area (Å²) in [7, 11) is -3.33. The number of aryl methyl sites for hydroxylation is 1. The van der Waals surface area contributed by atoms with E-state index in [0.717, 1.165) is 33.1 Å². The van der Waals surface area contributed by atoms with Gasteiger partial charge in [-0.25, -0.2) is 18.4 Å². The summed E-state index contributed by atoms with van der Waals surface area (Å²) in [5.74, 6) is 1.15. The largest absolute Gasteiger partial charge is 0.437 e. The van der Waals surface area contributed by atoms with Crippen LogP contribution in [0.15, 0.2) is 78.0 Å². The highest BCUT2D eigenvalue weighted by Gasteiger charge is 2.19. The van der Waals surface area contributed by atoms with Crippen molar-refractivity contribution in [3.63, 3.8) is 0 Å². The van der Waals surface area contributed by atoms with Gasteiger partial charge in [-0.2, -0.15) is 0 Å². The normalized spacial score (nSPS) is 11.8. The Balaban J connectivity index is 1.78. The molecule has 6 nitrogen and oxygen atoms in total. The number of hydrogen-bond donors (Lipinski definition) is 1. The second kappa shape index (κ2) is 7.76. The lowest BCUT2D eigenvalue weighted by Crippen LogP contribution is -2.03. The van der Waals surface area contributed by atoms with Crippen LogP contribution in [0.4, 0.5) is 0 Å². The first-order valence-corrected chi connectivity index (χ1v) is 11.9. The number of pyridine rings is 2. The first-order valence-electron chi connectivity index (χ1n) is 10.3. The predicted molar refractivity (Wildman–Crippen MR) is 126 cm³/mol. The average Bonchev–Trinajstić information content (AvgIpc) is 3.19. The molecule has 3 aromatic heterocycles. The molecule has 0 saturated carbocycles. The predicted octanol–water partition coefficient (Wildman–Crippen LogP) is 5.67. The molecule has 2 aromatic carbocycles. The van der Waals surface area contributed by atoms with Crippen molar-refractivity contribution in [3.8, 4) is 22.8 Å². The van der Waals surface area contributed by atoms with Crippen LogP contribution in [-0.4, -0.2) is 29.1 Å². The van der Waals surface area contributed by atoms with Crippen molar-refractivity contribution in [1.29, 1.82) is 0 Å². The number of H-pyrrole nitrogens is 1. The minimum Gasteiger partial charge on any atom is -0.437 e. The Morgan fingerprint density at radius 2 is 1.78 bits per heavy atom. The van der Waals surface area contributed by atoms with Gasteiger partial charge < -0.3 is 9.72 Å². The van der Waals surface area contributed by atoms with Crippen LogP contribution >= 0.6 is 0 Å². The van der Waals surface area contributed by atoms with Crippen LogP contribution in [0.5, 0.6) is 11.6 Å². The molecule has 32 heavy (non-hydrogen) atoms. The summed E-state index contributed by atoms with van der Waals surface area (Å²) in [5.41, 5.74) is 4.03. The topological polar surface area (TPSA) is 84.9 Å². The molecule has 0 radical (unpaired) electrons. The van der Waals surface area contributed by atoms with Crippen LogP contribution in [0.2, 0.25) is 0 Å². The van der Waals surface area contributed by atoms with E-state index in [4.69, 9.17) is 4.74 Å². The molecule has 0 aliphatic rings. The maximum atomic E-state index is 12.5. The molecule has 0 unspecified atom stereocenters. The first-order chi connectivity index (χ1) is 15.5. The minimum absolute atomic E-state index is 0.0458.